The summed E-state index contributed by atoms with van der Waals surface area (Å²) in [6, 6.07) is 14.7. The summed E-state index contributed by atoms with van der Waals surface area (Å²) in [6.07, 6.45) is 6.70. The highest BCUT2D eigenvalue weighted by Gasteiger charge is 2.50. The molecule has 1 N–H and O–H groups in total. The molecule has 9 nitrogen and oxygen atoms in total. The van der Waals surface area contributed by atoms with Crippen LogP contribution in [-0.4, -0.2) is 45.6 Å². The Labute approximate surface area is 299 Å². The summed E-state index contributed by atoms with van der Waals surface area (Å²) < 4.78 is 0. The Bertz CT molecular complexity index is 2370. The van der Waals surface area contributed by atoms with Crippen molar-refractivity contribution >= 4 is 92.4 Å². The molecule has 0 saturated heterocycles. The number of halogens is 3. The lowest BCUT2D eigenvalue weighted by Gasteiger charge is -2.42. The molecule has 0 fully saturated rings. The lowest BCUT2D eigenvalue weighted by atomic mass is 9.73. The number of anilines is 3. The number of hydrogen-bond donors (Lipinski definition) is 1. The number of carbonyl (C=O) groups is 3. The van der Waals surface area contributed by atoms with Crippen LogP contribution in [-0.2, 0) is 15.1 Å². The number of fused-ring (bicyclic) bond motifs is 6. The van der Waals surface area contributed by atoms with Crippen molar-refractivity contribution in [1.82, 2.24) is 15.0 Å². The van der Waals surface area contributed by atoms with Crippen molar-refractivity contribution in [1.29, 1.82) is 0 Å². The minimum absolute atomic E-state index is 0.0202. The number of carbonyl (C=O) groups excluding carboxylic acids is 3. The van der Waals surface area contributed by atoms with Gasteiger partial charge in [0.1, 0.15) is 17.6 Å². The summed E-state index contributed by atoms with van der Waals surface area (Å²) in [5.41, 5.74) is 3.72. The van der Waals surface area contributed by atoms with E-state index < -0.39 is 11.5 Å². The molecule has 13 heteroatoms. The van der Waals surface area contributed by atoms with E-state index in [4.69, 9.17) is 34.8 Å². The topological polar surface area (TPSA) is 108 Å². The first-order chi connectivity index (χ1) is 23.5. The molecule has 0 spiro atoms. The number of Topliss-reactive ketones (excluding diaryl/α,β-unsaturated/α-hetero) is 2. The number of aromatic nitrogens is 3. The fourth-order valence-corrected chi connectivity index (χ4v) is 8.80. The Morgan fingerprint density at radius 2 is 1.80 bits per heavy atom. The summed E-state index contributed by atoms with van der Waals surface area (Å²) >= 11 is 20.1. The van der Waals surface area contributed by atoms with Gasteiger partial charge in [-0.3, -0.25) is 14.4 Å². The molecule has 2 aliphatic carbocycles. The highest BCUT2D eigenvalue weighted by atomic mass is 35.5. The maximum Gasteiger partial charge on any atom is 0.245 e. The Kier molecular flexibility index (Phi) is 7.60. The van der Waals surface area contributed by atoms with E-state index in [0.29, 0.717) is 48.5 Å². The van der Waals surface area contributed by atoms with E-state index in [1.54, 1.807) is 29.8 Å². The van der Waals surface area contributed by atoms with Crippen molar-refractivity contribution in [2.45, 2.75) is 19.4 Å². The lowest BCUT2D eigenvalue weighted by Crippen LogP contribution is -2.59. The predicted octanol–water partition coefficient (Wildman–Crippen LogP) is 6.34. The SMILES string of the molecule is CC1C=c2c(ccc3c2=CC(=O)c2ccccc2-3)C(C)(N2CN(CC(=O)Nc3nc(-c4c(Cl)cc(Cl)cc4Cl)cs3)c3cncnc32)C1=O. The Morgan fingerprint density at radius 1 is 1.04 bits per heavy atom. The van der Waals surface area contributed by atoms with Gasteiger partial charge in [0.15, 0.2) is 22.5 Å². The van der Waals surface area contributed by atoms with Gasteiger partial charge in [0, 0.05) is 27.4 Å². The van der Waals surface area contributed by atoms with Crippen molar-refractivity contribution in [3.05, 3.63) is 103 Å². The standard InChI is InChI=1S/C36H25Cl3N6O3S/c1-18-9-24-23-12-30(46)22-6-4-3-5-20(22)21(23)7-8-25(24)36(2,33(18)48)45-17-44(29-13-40-16-41-34(29)45)14-31(47)43-35-42-28(15-49-35)32-26(38)10-19(37)11-27(32)39/h3-13,15-16,18H,14,17H2,1-2H3,(H,42,43,47). The molecule has 2 aromatic heterocycles. The fraction of sp³-hybridized carbons (Fsp3) is 0.167. The van der Waals surface area contributed by atoms with E-state index in [1.165, 1.54) is 17.7 Å². The third-order valence-electron chi connectivity index (χ3n) is 9.35. The van der Waals surface area contributed by atoms with Gasteiger partial charge in [-0.05, 0) is 52.3 Å². The summed E-state index contributed by atoms with van der Waals surface area (Å²) in [4.78, 5) is 58.1. The second-order valence-electron chi connectivity index (χ2n) is 12.3. The average Bonchev–Trinajstić information content (AvgIpc) is 3.68. The van der Waals surface area contributed by atoms with Crippen LogP contribution < -0.4 is 25.6 Å². The molecule has 5 aromatic rings. The average molecular weight is 728 g/mol. The zero-order valence-corrected chi connectivity index (χ0v) is 29.1. The molecule has 3 heterocycles. The minimum Gasteiger partial charge on any atom is -0.340 e. The van der Waals surface area contributed by atoms with Gasteiger partial charge < -0.3 is 15.1 Å². The summed E-state index contributed by atoms with van der Waals surface area (Å²) in [7, 11) is 0. The van der Waals surface area contributed by atoms with Crippen LogP contribution in [0, 0.1) is 5.92 Å². The van der Waals surface area contributed by atoms with Gasteiger partial charge in [-0.15, -0.1) is 11.3 Å². The third-order valence-corrected chi connectivity index (χ3v) is 10.9. The lowest BCUT2D eigenvalue weighted by molar-refractivity contribution is -0.126. The maximum absolute atomic E-state index is 14.3. The molecular formula is C36H25Cl3N6O3S. The molecule has 2 unspecified atom stereocenters. The number of benzene rings is 3. The number of nitrogens with zero attached hydrogens (tertiary/aromatic N) is 5. The first-order valence-corrected chi connectivity index (χ1v) is 17.3. The Balaban J connectivity index is 1.12. The molecule has 0 saturated carbocycles. The van der Waals surface area contributed by atoms with Crippen molar-refractivity contribution in [2.75, 3.05) is 28.3 Å². The fourth-order valence-electron chi connectivity index (χ4n) is 7.07. The number of amides is 1. The maximum atomic E-state index is 14.3. The van der Waals surface area contributed by atoms with Crippen LogP contribution in [0.2, 0.25) is 15.1 Å². The van der Waals surface area contributed by atoms with E-state index in [0.717, 1.165) is 27.1 Å². The van der Waals surface area contributed by atoms with Gasteiger partial charge in [-0.2, -0.15) is 0 Å². The summed E-state index contributed by atoms with van der Waals surface area (Å²) in [5, 5.41) is 7.75. The molecule has 49 heavy (non-hydrogen) atoms. The van der Waals surface area contributed by atoms with Gasteiger partial charge in [0.25, 0.3) is 0 Å². The zero-order valence-electron chi connectivity index (χ0n) is 26.0. The van der Waals surface area contributed by atoms with E-state index >= 15 is 0 Å². The molecule has 244 valence electrons. The Hall–Kier alpha value is -4.61. The highest BCUT2D eigenvalue weighted by Crippen LogP contribution is 2.44. The number of thiazole rings is 1. The van der Waals surface area contributed by atoms with Crippen molar-refractivity contribution in [2.24, 2.45) is 5.92 Å². The first kappa shape index (κ1) is 31.6. The quantitative estimate of drug-likeness (QED) is 0.224. The summed E-state index contributed by atoms with van der Waals surface area (Å²) in [6.45, 7) is 3.90. The normalized spacial score (nSPS) is 19.0. The molecular weight excluding hydrogens is 703 g/mol. The highest BCUT2D eigenvalue weighted by molar-refractivity contribution is 7.14. The van der Waals surface area contributed by atoms with Gasteiger partial charge in [0.05, 0.1) is 35.1 Å². The van der Waals surface area contributed by atoms with Crippen LogP contribution in [0.5, 0.6) is 0 Å². The smallest absolute Gasteiger partial charge is 0.245 e. The molecule has 3 aromatic carbocycles. The second kappa shape index (κ2) is 11.8. The first-order valence-electron chi connectivity index (χ1n) is 15.3. The second-order valence-corrected chi connectivity index (χ2v) is 14.4. The van der Waals surface area contributed by atoms with Crippen molar-refractivity contribution in [3.8, 4) is 22.4 Å². The molecule has 1 aliphatic heterocycles. The third kappa shape index (κ3) is 5.04. The van der Waals surface area contributed by atoms with Gasteiger partial charge >= 0.3 is 0 Å². The minimum atomic E-state index is -1.16. The summed E-state index contributed by atoms with van der Waals surface area (Å²) in [5.74, 6) is -0.333. The number of rotatable bonds is 5. The number of nitrogens with one attached hydrogen (secondary N) is 1. The van der Waals surface area contributed by atoms with Crippen molar-refractivity contribution in [3.63, 3.8) is 0 Å². The van der Waals surface area contributed by atoms with Crippen molar-refractivity contribution < 1.29 is 14.4 Å². The molecule has 2 atom stereocenters. The van der Waals surface area contributed by atoms with E-state index in [-0.39, 0.29) is 30.7 Å². The number of hydrogen-bond acceptors (Lipinski definition) is 9. The van der Waals surface area contributed by atoms with Gasteiger partial charge in [0.2, 0.25) is 5.91 Å². The number of ketones is 2. The molecule has 1 amide bonds. The van der Waals surface area contributed by atoms with Crippen LogP contribution >= 0.6 is 46.1 Å². The molecule has 0 bridgehead atoms. The predicted molar refractivity (Wildman–Crippen MR) is 194 cm³/mol. The van der Waals surface area contributed by atoms with Crippen LogP contribution in [0.3, 0.4) is 0 Å². The zero-order chi connectivity index (χ0) is 34.2. The molecule has 8 rings (SSSR count). The molecule has 0 radical (unpaired) electrons. The van der Waals surface area contributed by atoms with E-state index in [9.17, 15) is 14.4 Å². The van der Waals surface area contributed by atoms with Crippen LogP contribution in [0.1, 0.15) is 29.8 Å². The monoisotopic (exact) mass is 726 g/mol. The van der Waals surface area contributed by atoms with Gasteiger partial charge in [-0.25, -0.2) is 15.0 Å². The molecule has 3 aliphatic rings. The van der Waals surface area contributed by atoms with E-state index in [1.807, 2.05) is 66.1 Å². The van der Waals surface area contributed by atoms with Gasteiger partial charge in [-0.1, -0.05) is 84.2 Å². The Morgan fingerprint density at radius 3 is 2.57 bits per heavy atom. The largest absolute Gasteiger partial charge is 0.340 e. The van der Waals surface area contributed by atoms with E-state index in [2.05, 4.69) is 20.3 Å². The van der Waals surface area contributed by atoms with Crippen LogP contribution in [0.15, 0.2) is 66.4 Å². The van der Waals surface area contributed by atoms with Crippen LogP contribution in [0.4, 0.5) is 16.6 Å². The van der Waals surface area contributed by atoms with Crippen LogP contribution in [0.25, 0.3) is 34.5 Å².